The van der Waals surface area contributed by atoms with Crippen molar-refractivity contribution < 1.29 is 13.2 Å². The van der Waals surface area contributed by atoms with Crippen LogP contribution in [0.4, 0.5) is 0 Å². The third-order valence-electron chi connectivity index (χ3n) is 5.20. The summed E-state index contributed by atoms with van der Waals surface area (Å²) < 4.78 is 35.6. The summed E-state index contributed by atoms with van der Waals surface area (Å²) in [5.41, 5.74) is 2.02. The molecule has 10 heteroatoms. The van der Waals surface area contributed by atoms with E-state index in [2.05, 4.69) is 9.82 Å². The summed E-state index contributed by atoms with van der Waals surface area (Å²) in [7, 11) is 1.68. The number of nitrogens with zero attached hydrogens (tertiary/aromatic N) is 4. The minimum Gasteiger partial charge on any atom is -0.387 e. The number of hydrogen-bond acceptors (Lipinski definition) is 6. The van der Waals surface area contributed by atoms with Crippen LogP contribution in [0.2, 0.25) is 5.02 Å². The first-order chi connectivity index (χ1) is 14.4. The van der Waals surface area contributed by atoms with Gasteiger partial charge in [-0.15, -0.1) is 5.26 Å². The van der Waals surface area contributed by atoms with Crippen LogP contribution in [0, 0.1) is 11.5 Å². The lowest BCUT2D eigenvalue weighted by molar-refractivity contribution is 0.279. The monoisotopic (exact) mass is 467 g/mol. The Kier molecular flexibility index (Phi) is 8.11. The molecule has 0 aliphatic heterocycles. The Labute approximate surface area is 189 Å². The van der Waals surface area contributed by atoms with Crippen LogP contribution in [0.1, 0.15) is 68.9 Å². The van der Waals surface area contributed by atoms with E-state index >= 15 is 0 Å². The first kappa shape index (κ1) is 25.1. The molecule has 8 nitrogen and oxygen atoms in total. The molecule has 0 amide bonds. The van der Waals surface area contributed by atoms with Gasteiger partial charge in [0.25, 0.3) is 16.3 Å². The lowest BCUT2D eigenvalue weighted by Gasteiger charge is -2.22. The van der Waals surface area contributed by atoms with E-state index in [1.807, 2.05) is 39.8 Å². The molecule has 0 spiro atoms. The highest BCUT2D eigenvalue weighted by Gasteiger charge is 2.28. The van der Waals surface area contributed by atoms with Crippen molar-refractivity contribution >= 4 is 21.6 Å². The third kappa shape index (κ3) is 5.57. The molecule has 0 fully saturated rings. The van der Waals surface area contributed by atoms with Gasteiger partial charge in [0.05, 0.1) is 11.7 Å². The molecule has 1 heterocycles. The second-order valence-corrected chi connectivity index (χ2v) is 10.1. The van der Waals surface area contributed by atoms with Gasteiger partial charge in [0.1, 0.15) is 0 Å². The Morgan fingerprint density at radius 2 is 1.87 bits per heavy atom. The smallest absolute Gasteiger partial charge is 0.292 e. The molecule has 2 unspecified atom stereocenters. The average Bonchev–Trinajstić information content (AvgIpc) is 3.05. The Balaban J connectivity index is 2.44. The molecule has 170 valence electrons. The second kappa shape index (κ2) is 10.0. The largest absolute Gasteiger partial charge is 0.387 e. The fourth-order valence-electron chi connectivity index (χ4n) is 3.64. The molecule has 0 aliphatic rings. The number of benzene rings is 1. The predicted molar refractivity (Wildman–Crippen MR) is 120 cm³/mol. The Hall–Kier alpha value is -2.12. The fraction of sp³-hybridized carbons (Fsp3) is 0.524. The number of aryl methyl sites for hydroxylation is 1. The van der Waals surface area contributed by atoms with E-state index in [0.29, 0.717) is 16.3 Å². The summed E-state index contributed by atoms with van der Waals surface area (Å²) in [6.07, 6.45) is 2.50. The van der Waals surface area contributed by atoms with Gasteiger partial charge >= 0.3 is 0 Å². The highest BCUT2D eigenvalue weighted by molar-refractivity contribution is 7.89. The first-order valence-corrected chi connectivity index (χ1v) is 11.9. The number of sulfonamides is 1. The predicted octanol–water partition coefficient (Wildman–Crippen LogP) is 4.11. The molecule has 1 aromatic carbocycles. The lowest BCUT2D eigenvalue weighted by Crippen LogP contribution is -2.28. The number of nitrogens with one attached hydrogen (secondary N) is 1. The zero-order valence-corrected chi connectivity index (χ0v) is 20.5. The van der Waals surface area contributed by atoms with Crippen LogP contribution in [0.15, 0.2) is 23.2 Å². The van der Waals surface area contributed by atoms with Crippen molar-refractivity contribution in [3.05, 3.63) is 40.0 Å². The standard InChI is InChI=1S/C21H30ClN5O3S/c1-8-18(26(5)6)19-11-20(24-27(19)7)31(28,29)25-14(4)17-10-15(22)9-16(13(2)3)21(17)30-12-23/h9-11,13-14,18,25H,8H2,1-7H3. The Bertz CT molecular complexity index is 1070. The summed E-state index contributed by atoms with van der Waals surface area (Å²) in [6, 6.07) is 4.26. The van der Waals surface area contributed by atoms with Crippen LogP contribution >= 0.6 is 11.6 Å². The molecule has 2 aromatic rings. The summed E-state index contributed by atoms with van der Waals surface area (Å²) in [4.78, 5) is 2.02. The van der Waals surface area contributed by atoms with Gasteiger partial charge in [-0.05, 0) is 45.5 Å². The topological polar surface area (TPSA) is 100 Å². The molecule has 0 radical (unpaired) electrons. The number of nitriles is 1. The Morgan fingerprint density at radius 3 is 2.39 bits per heavy atom. The highest BCUT2D eigenvalue weighted by atomic mass is 35.5. The molecule has 31 heavy (non-hydrogen) atoms. The number of hydrogen-bond donors (Lipinski definition) is 1. The summed E-state index contributed by atoms with van der Waals surface area (Å²) in [5.74, 6) is 0.345. The van der Waals surface area contributed by atoms with Crippen LogP contribution in [-0.4, -0.2) is 37.2 Å². The van der Waals surface area contributed by atoms with Crippen molar-refractivity contribution in [1.82, 2.24) is 19.4 Å². The van der Waals surface area contributed by atoms with Crippen LogP contribution in [-0.2, 0) is 17.1 Å². The van der Waals surface area contributed by atoms with Gasteiger partial charge in [-0.1, -0.05) is 32.4 Å². The van der Waals surface area contributed by atoms with Gasteiger partial charge in [0, 0.05) is 35.3 Å². The van der Waals surface area contributed by atoms with Crippen LogP contribution in [0.3, 0.4) is 0 Å². The van der Waals surface area contributed by atoms with E-state index in [1.54, 1.807) is 43.1 Å². The van der Waals surface area contributed by atoms with Gasteiger partial charge in [0.15, 0.2) is 10.8 Å². The number of halogens is 1. The van der Waals surface area contributed by atoms with Gasteiger partial charge in [-0.2, -0.15) is 5.10 Å². The zero-order chi connectivity index (χ0) is 23.5. The van der Waals surface area contributed by atoms with E-state index in [9.17, 15) is 8.42 Å². The Morgan fingerprint density at radius 1 is 1.26 bits per heavy atom. The first-order valence-electron chi connectivity index (χ1n) is 10.0. The SMILES string of the molecule is CCC(c1cc(S(=O)(=O)NC(C)c2cc(Cl)cc(C(C)C)c2OC#N)nn1C)N(C)C. The molecule has 0 saturated heterocycles. The minimum absolute atomic E-state index is 0.0277. The highest BCUT2D eigenvalue weighted by Crippen LogP contribution is 2.37. The molecular formula is C21H30ClN5O3S. The quantitative estimate of drug-likeness (QED) is 0.557. The maximum atomic E-state index is 13.1. The minimum atomic E-state index is -3.94. The van der Waals surface area contributed by atoms with Crippen molar-refractivity contribution in [3.8, 4) is 12.0 Å². The molecule has 0 aliphatic carbocycles. The van der Waals surface area contributed by atoms with Crippen LogP contribution < -0.4 is 9.46 Å². The molecule has 2 rings (SSSR count). The van der Waals surface area contributed by atoms with Gasteiger partial charge in [-0.3, -0.25) is 4.68 Å². The third-order valence-corrected chi connectivity index (χ3v) is 6.83. The number of aromatic nitrogens is 2. The lowest BCUT2D eigenvalue weighted by atomic mass is 9.96. The normalized spacial score (nSPS) is 14.0. The molecule has 1 aromatic heterocycles. The molecular weight excluding hydrogens is 438 g/mol. The maximum absolute atomic E-state index is 13.1. The van der Waals surface area contributed by atoms with Crippen molar-refractivity contribution in [3.63, 3.8) is 0 Å². The summed E-state index contributed by atoms with van der Waals surface area (Å²) in [5, 5.41) is 13.7. The fourth-order valence-corrected chi connectivity index (χ4v) is 5.10. The van der Waals surface area contributed by atoms with E-state index in [-0.39, 0.29) is 17.0 Å². The summed E-state index contributed by atoms with van der Waals surface area (Å²) in [6.45, 7) is 7.60. The molecule has 1 N–H and O–H groups in total. The van der Waals surface area contributed by atoms with Gasteiger partial charge < -0.3 is 9.64 Å². The summed E-state index contributed by atoms with van der Waals surface area (Å²) >= 11 is 6.27. The maximum Gasteiger partial charge on any atom is 0.292 e. The van der Waals surface area contributed by atoms with Crippen molar-refractivity contribution in [2.45, 2.75) is 57.1 Å². The zero-order valence-electron chi connectivity index (χ0n) is 19.0. The van der Waals surface area contributed by atoms with E-state index in [0.717, 1.165) is 17.7 Å². The van der Waals surface area contributed by atoms with E-state index in [1.165, 1.54) is 0 Å². The van der Waals surface area contributed by atoms with Crippen molar-refractivity contribution in [2.24, 2.45) is 7.05 Å². The van der Waals surface area contributed by atoms with Crippen molar-refractivity contribution in [2.75, 3.05) is 14.1 Å². The van der Waals surface area contributed by atoms with E-state index < -0.39 is 16.1 Å². The van der Waals surface area contributed by atoms with Crippen molar-refractivity contribution in [1.29, 1.82) is 5.26 Å². The number of rotatable bonds is 9. The van der Waals surface area contributed by atoms with Gasteiger partial charge in [-0.25, -0.2) is 13.1 Å². The number of ether oxygens (including phenoxy) is 1. The molecule has 2 atom stereocenters. The second-order valence-electron chi connectivity index (χ2n) is 8.02. The molecule has 0 saturated carbocycles. The van der Waals surface area contributed by atoms with E-state index in [4.69, 9.17) is 21.6 Å². The van der Waals surface area contributed by atoms with Crippen LogP contribution in [0.25, 0.3) is 0 Å². The van der Waals surface area contributed by atoms with Gasteiger partial charge in [0.2, 0.25) is 0 Å². The average molecular weight is 468 g/mol. The van der Waals surface area contributed by atoms with Crippen LogP contribution in [0.5, 0.6) is 5.75 Å². The molecule has 0 bridgehead atoms.